The van der Waals surface area contributed by atoms with Crippen molar-refractivity contribution in [1.29, 1.82) is 0 Å². The van der Waals surface area contributed by atoms with Crippen molar-refractivity contribution in [2.45, 2.75) is 58.4 Å². The zero-order chi connectivity index (χ0) is 17.6. The number of hydrogen-bond donors (Lipinski definition) is 3. The molecule has 0 saturated heterocycles. The van der Waals surface area contributed by atoms with Crippen molar-refractivity contribution in [2.24, 2.45) is 5.92 Å². The summed E-state index contributed by atoms with van der Waals surface area (Å²) in [4.78, 5) is 28.2. The predicted octanol–water partition coefficient (Wildman–Crippen LogP) is 3.31. The lowest BCUT2D eigenvalue weighted by Gasteiger charge is -2.22. The quantitative estimate of drug-likeness (QED) is 0.791. The number of amides is 3. The second-order valence-electron chi connectivity index (χ2n) is 7.47. The van der Waals surface area contributed by atoms with Crippen molar-refractivity contribution >= 4 is 17.6 Å². The topological polar surface area (TPSA) is 83.1 Å². The predicted molar refractivity (Wildman–Crippen MR) is 95.1 cm³/mol. The van der Waals surface area contributed by atoms with Crippen LogP contribution in [0.3, 0.4) is 0 Å². The fourth-order valence-electron chi connectivity index (χ4n) is 2.84. The average molecular weight is 332 g/mol. The van der Waals surface area contributed by atoms with Gasteiger partial charge in [0.25, 0.3) is 5.91 Å². The molecule has 1 aromatic heterocycles. The third-order valence-electron chi connectivity index (χ3n) is 4.02. The van der Waals surface area contributed by atoms with E-state index in [1.165, 1.54) is 38.3 Å². The summed E-state index contributed by atoms with van der Waals surface area (Å²) < 4.78 is 0. The minimum absolute atomic E-state index is 0.242. The summed E-state index contributed by atoms with van der Waals surface area (Å²) >= 11 is 0. The molecule has 3 N–H and O–H groups in total. The Morgan fingerprint density at radius 2 is 1.92 bits per heavy atom. The van der Waals surface area contributed by atoms with Crippen LogP contribution in [-0.2, 0) is 0 Å². The van der Waals surface area contributed by atoms with Crippen LogP contribution >= 0.6 is 0 Å². The van der Waals surface area contributed by atoms with E-state index >= 15 is 0 Å². The van der Waals surface area contributed by atoms with E-state index in [2.05, 4.69) is 20.9 Å². The molecule has 6 nitrogen and oxygen atoms in total. The number of aromatic nitrogens is 1. The Kier molecular flexibility index (Phi) is 6.17. The Bertz CT molecular complexity index is 575. The molecule has 1 fully saturated rings. The first-order chi connectivity index (χ1) is 11.3. The Morgan fingerprint density at radius 3 is 2.58 bits per heavy atom. The van der Waals surface area contributed by atoms with Crippen LogP contribution in [0.15, 0.2) is 18.3 Å². The fraction of sp³-hybridized carbons (Fsp3) is 0.611. The maximum atomic E-state index is 12.1. The van der Waals surface area contributed by atoms with E-state index in [-0.39, 0.29) is 23.2 Å². The summed E-state index contributed by atoms with van der Waals surface area (Å²) in [5.74, 6) is 0.323. The molecule has 0 unspecified atom stereocenters. The smallest absolute Gasteiger partial charge is 0.319 e. The van der Waals surface area contributed by atoms with Gasteiger partial charge in [-0.1, -0.05) is 19.3 Å². The number of anilines is 1. The lowest BCUT2D eigenvalue weighted by atomic mass is 9.89. The largest absolute Gasteiger partial charge is 0.346 e. The molecule has 0 radical (unpaired) electrons. The molecular weight excluding hydrogens is 304 g/mol. The number of rotatable bonds is 4. The summed E-state index contributed by atoms with van der Waals surface area (Å²) in [6, 6.07) is 3.02. The number of pyridine rings is 1. The van der Waals surface area contributed by atoms with Crippen LogP contribution in [0, 0.1) is 5.92 Å². The van der Waals surface area contributed by atoms with Crippen molar-refractivity contribution in [2.75, 3.05) is 11.9 Å². The molecule has 0 atom stereocenters. The fourth-order valence-corrected chi connectivity index (χ4v) is 2.84. The van der Waals surface area contributed by atoms with Gasteiger partial charge in [-0.2, -0.15) is 0 Å². The number of carbonyl (C=O) groups is 2. The number of nitrogens with zero attached hydrogens (tertiary/aromatic N) is 1. The summed E-state index contributed by atoms with van der Waals surface area (Å²) in [7, 11) is 0. The molecule has 0 aliphatic heterocycles. The van der Waals surface area contributed by atoms with E-state index in [0.717, 1.165) is 0 Å². The van der Waals surface area contributed by atoms with E-state index in [1.54, 1.807) is 12.1 Å². The minimum atomic E-state index is -0.334. The Labute approximate surface area is 143 Å². The minimum Gasteiger partial charge on any atom is -0.346 e. The van der Waals surface area contributed by atoms with Gasteiger partial charge in [0.2, 0.25) is 0 Å². The first-order valence-electron chi connectivity index (χ1n) is 8.67. The summed E-state index contributed by atoms with van der Waals surface area (Å²) in [5, 5.41) is 8.54. The van der Waals surface area contributed by atoms with E-state index in [0.29, 0.717) is 18.2 Å². The second kappa shape index (κ2) is 8.13. The molecule has 2 rings (SSSR count). The molecule has 132 valence electrons. The third kappa shape index (κ3) is 6.18. The van der Waals surface area contributed by atoms with Gasteiger partial charge in [-0.3, -0.25) is 9.78 Å². The van der Waals surface area contributed by atoms with Gasteiger partial charge in [0.05, 0.1) is 0 Å². The summed E-state index contributed by atoms with van der Waals surface area (Å²) in [6.07, 6.45) is 7.71. The molecule has 0 spiro atoms. The van der Waals surface area contributed by atoms with Crippen molar-refractivity contribution in [3.8, 4) is 0 Å². The molecule has 0 bridgehead atoms. The molecule has 0 aromatic carbocycles. The maximum Gasteiger partial charge on any atom is 0.319 e. The number of nitrogens with one attached hydrogen (secondary N) is 3. The monoisotopic (exact) mass is 332 g/mol. The normalized spacial score (nSPS) is 15.6. The van der Waals surface area contributed by atoms with Crippen LogP contribution < -0.4 is 16.0 Å². The first kappa shape index (κ1) is 18.2. The SMILES string of the molecule is CC(C)(C)NC(=O)c1cc(NC(=O)NCC2CCCCC2)ccn1. The van der Waals surface area contributed by atoms with Gasteiger partial charge in [0, 0.05) is 24.0 Å². The van der Waals surface area contributed by atoms with Crippen molar-refractivity contribution in [1.82, 2.24) is 15.6 Å². The molecule has 6 heteroatoms. The van der Waals surface area contributed by atoms with Gasteiger partial charge in [-0.15, -0.1) is 0 Å². The zero-order valence-electron chi connectivity index (χ0n) is 14.8. The van der Waals surface area contributed by atoms with Gasteiger partial charge in [0.15, 0.2) is 0 Å². The Morgan fingerprint density at radius 1 is 1.21 bits per heavy atom. The lowest BCUT2D eigenvalue weighted by molar-refractivity contribution is 0.0914. The van der Waals surface area contributed by atoms with Crippen LogP contribution in [0.2, 0.25) is 0 Å². The molecule has 1 saturated carbocycles. The highest BCUT2D eigenvalue weighted by Gasteiger charge is 2.17. The summed E-state index contributed by atoms with van der Waals surface area (Å²) in [6.45, 7) is 6.43. The molecule has 24 heavy (non-hydrogen) atoms. The summed E-state index contributed by atoms with van der Waals surface area (Å²) in [5.41, 5.74) is 0.514. The van der Waals surface area contributed by atoms with Crippen LogP contribution in [0.25, 0.3) is 0 Å². The molecule has 1 aliphatic carbocycles. The van der Waals surface area contributed by atoms with Crippen LogP contribution in [0.5, 0.6) is 0 Å². The number of hydrogen-bond acceptors (Lipinski definition) is 3. The van der Waals surface area contributed by atoms with Crippen molar-refractivity contribution < 1.29 is 9.59 Å². The Balaban J connectivity index is 1.86. The van der Waals surface area contributed by atoms with Gasteiger partial charge >= 0.3 is 6.03 Å². The van der Waals surface area contributed by atoms with Gasteiger partial charge in [-0.25, -0.2) is 4.79 Å². The van der Waals surface area contributed by atoms with Crippen LogP contribution in [0.4, 0.5) is 10.5 Å². The second-order valence-corrected chi connectivity index (χ2v) is 7.47. The number of carbonyl (C=O) groups excluding carboxylic acids is 2. The highest BCUT2D eigenvalue weighted by Crippen LogP contribution is 2.22. The van der Waals surface area contributed by atoms with Crippen LogP contribution in [-0.4, -0.2) is 29.0 Å². The van der Waals surface area contributed by atoms with E-state index < -0.39 is 0 Å². The molecule has 1 heterocycles. The van der Waals surface area contributed by atoms with Crippen molar-refractivity contribution in [3.63, 3.8) is 0 Å². The zero-order valence-corrected chi connectivity index (χ0v) is 14.8. The van der Waals surface area contributed by atoms with Gasteiger partial charge in [-0.05, 0) is 51.7 Å². The van der Waals surface area contributed by atoms with Gasteiger partial charge < -0.3 is 16.0 Å². The van der Waals surface area contributed by atoms with Crippen LogP contribution in [0.1, 0.15) is 63.4 Å². The highest BCUT2D eigenvalue weighted by molar-refractivity contribution is 5.95. The molecule has 1 aromatic rings. The third-order valence-corrected chi connectivity index (χ3v) is 4.02. The molecule has 3 amide bonds. The lowest BCUT2D eigenvalue weighted by Crippen LogP contribution is -2.41. The maximum absolute atomic E-state index is 12.1. The van der Waals surface area contributed by atoms with Crippen molar-refractivity contribution in [3.05, 3.63) is 24.0 Å². The van der Waals surface area contributed by atoms with E-state index in [9.17, 15) is 9.59 Å². The average Bonchev–Trinajstić information content (AvgIpc) is 2.52. The standard InChI is InChI=1S/C18H28N4O2/c1-18(2,3)22-16(23)15-11-14(9-10-19-15)21-17(24)20-12-13-7-5-4-6-8-13/h9-11,13H,4-8,12H2,1-3H3,(H,22,23)(H2,19,20,21,24). The Hall–Kier alpha value is -2.11. The molecular formula is C18H28N4O2. The highest BCUT2D eigenvalue weighted by atomic mass is 16.2. The number of urea groups is 1. The van der Waals surface area contributed by atoms with E-state index in [4.69, 9.17) is 0 Å². The molecule has 1 aliphatic rings. The first-order valence-corrected chi connectivity index (χ1v) is 8.67. The van der Waals surface area contributed by atoms with Gasteiger partial charge in [0.1, 0.15) is 5.69 Å². The van der Waals surface area contributed by atoms with E-state index in [1.807, 2.05) is 20.8 Å².